The molecule has 1 aliphatic rings. The molecule has 1 heterocycles. The van der Waals surface area contributed by atoms with Crippen LogP contribution < -0.4 is 15.1 Å². The molecule has 0 saturated carbocycles. The van der Waals surface area contributed by atoms with Gasteiger partial charge in [-0.1, -0.05) is 67.6 Å². The number of carbonyl (C=O) groups excluding carboxylic acids is 1. The molecule has 0 radical (unpaired) electrons. The molecule has 1 aliphatic heterocycles. The van der Waals surface area contributed by atoms with Gasteiger partial charge in [0.05, 0.1) is 0 Å². The van der Waals surface area contributed by atoms with E-state index in [4.69, 9.17) is 0 Å². The summed E-state index contributed by atoms with van der Waals surface area (Å²) in [5.74, 6) is 0.186. The van der Waals surface area contributed by atoms with Crippen molar-refractivity contribution in [3.63, 3.8) is 0 Å². The minimum Gasteiger partial charge on any atom is -0.349 e. The summed E-state index contributed by atoms with van der Waals surface area (Å²) < 4.78 is 0. The first-order chi connectivity index (χ1) is 13.2. The first-order valence-electron chi connectivity index (χ1n) is 10.2. The van der Waals surface area contributed by atoms with Crippen LogP contribution in [0.2, 0.25) is 0 Å². The fourth-order valence-electron chi connectivity index (χ4n) is 4.00. The van der Waals surface area contributed by atoms with Gasteiger partial charge in [-0.15, -0.1) is 0 Å². The molecule has 0 unspecified atom stereocenters. The topological polar surface area (TPSA) is 38.0 Å². The Bertz CT molecular complexity index is 657. The van der Waals surface area contributed by atoms with Crippen molar-refractivity contribution >= 4 is 5.91 Å². The lowest BCUT2D eigenvalue weighted by Gasteiger charge is -2.35. The third-order valence-electron chi connectivity index (χ3n) is 5.70. The molecular weight excluding hydrogens is 334 g/mol. The van der Waals surface area contributed by atoms with E-state index in [0.717, 1.165) is 32.6 Å². The van der Waals surface area contributed by atoms with Crippen molar-refractivity contribution in [2.75, 3.05) is 32.7 Å². The van der Waals surface area contributed by atoms with Crippen LogP contribution in [0, 0.1) is 0 Å². The lowest BCUT2D eigenvalue weighted by Crippen LogP contribution is -3.28. The van der Waals surface area contributed by atoms with Crippen LogP contribution in [0.4, 0.5) is 0 Å². The maximum atomic E-state index is 12.2. The smallest absolute Gasteiger partial charge is 0.275 e. The molecule has 2 aromatic carbocycles. The number of amides is 1. The highest BCUT2D eigenvalue weighted by Gasteiger charge is 2.32. The van der Waals surface area contributed by atoms with E-state index in [0.29, 0.717) is 12.6 Å². The zero-order valence-corrected chi connectivity index (χ0v) is 16.6. The summed E-state index contributed by atoms with van der Waals surface area (Å²) in [6.07, 6.45) is 0.981. The van der Waals surface area contributed by atoms with Gasteiger partial charge in [0, 0.05) is 17.2 Å². The molecule has 144 valence electrons. The largest absolute Gasteiger partial charge is 0.349 e. The average molecular weight is 368 g/mol. The van der Waals surface area contributed by atoms with Crippen LogP contribution in [-0.2, 0) is 4.79 Å². The molecule has 1 saturated heterocycles. The molecule has 4 nitrogen and oxygen atoms in total. The van der Waals surface area contributed by atoms with Gasteiger partial charge < -0.3 is 15.1 Å². The van der Waals surface area contributed by atoms with Gasteiger partial charge in [0.25, 0.3) is 5.91 Å². The van der Waals surface area contributed by atoms with Crippen molar-refractivity contribution in [3.05, 3.63) is 71.8 Å². The minimum absolute atomic E-state index is 0.186. The summed E-state index contributed by atoms with van der Waals surface area (Å²) in [6, 6.07) is 22.3. The van der Waals surface area contributed by atoms with E-state index in [1.54, 1.807) is 4.90 Å². The number of quaternary nitrogens is 2. The lowest BCUT2D eigenvalue weighted by atomic mass is 9.96. The zero-order chi connectivity index (χ0) is 19.1. The first kappa shape index (κ1) is 19.6. The van der Waals surface area contributed by atoms with E-state index < -0.39 is 0 Å². The van der Waals surface area contributed by atoms with Crippen LogP contribution in [0.15, 0.2) is 60.7 Å². The number of hydrogen-bond donors (Lipinski definition) is 3. The highest BCUT2D eigenvalue weighted by Crippen LogP contribution is 2.18. The fourth-order valence-corrected chi connectivity index (χ4v) is 4.00. The SMILES string of the molecule is CC[C@@H](C)NC(=O)C[NH+]1CC[NH+](C(c2ccccc2)c2ccccc2)CC1. The minimum atomic E-state index is 0.186. The van der Waals surface area contributed by atoms with Gasteiger partial charge in [0.15, 0.2) is 6.54 Å². The number of carbonyl (C=O) groups is 1. The maximum Gasteiger partial charge on any atom is 0.275 e. The Morgan fingerprint density at radius 1 is 0.926 bits per heavy atom. The summed E-state index contributed by atoms with van der Waals surface area (Å²) >= 11 is 0. The average Bonchev–Trinajstić information content (AvgIpc) is 2.71. The zero-order valence-electron chi connectivity index (χ0n) is 16.6. The van der Waals surface area contributed by atoms with Crippen LogP contribution >= 0.6 is 0 Å². The second-order valence-corrected chi connectivity index (χ2v) is 7.72. The molecule has 0 bridgehead atoms. The second-order valence-electron chi connectivity index (χ2n) is 7.72. The van der Waals surface area contributed by atoms with E-state index in [-0.39, 0.29) is 11.9 Å². The standard InChI is InChI=1S/C23H31N3O/c1-3-19(2)24-22(27)18-25-14-16-26(17-15-25)23(20-10-6-4-7-11-20)21-12-8-5-9-13-21/h4-13,19,23H,3,14-18H2,1-2H3,(H,24,27)/p+2/t19-/m1/s1. The highest BCUT2D eigenvalue weighted by molar-refractivity contribution is 5.77. The third kappa shape index (κ3) is 5.41. The van der Waals surface area contributed by atoms with Gasteiger partial charge in [-0.05, 0) is 13.3 Å². The summed E-state index contributed by atoms with van der Waals surface area (Å²) in [5, 5.41) is 3.10. The lowest BCUT2D eigenvalue weighted by molar-refractivity contribution is -1.02. The molecule has 3 N–H and O–H groups in total. The van der Waals surface area contributed by atoms with E-state index in [2.05, 4.69) is 79.8 Å². The quantitative estimate of drug-likeness (QED) is 0.654. The van der Waals surface area contributed by atoms with Crippen LogP contribution in [0.1, 0.15) is 37.4 Å². The molecule has 0 aliphatic carbocycles. The van der Waals surface area contributed by atoms with Crippen molar-refractivity contribution in [1.29, 1.82) is 0 Å². The van der Waals surface area contributed by atoms with E-state index in [1.165, 1.54) is 16.0 Å². The van der Waals surface area contributed by atoms with Crippen LogP contribution in [0.25, 0.3) is 0 Å². The summed E-state index contributed by atoms with van der Waals surface area (Å²) in [4.78, 5) is 15.2. The maximum absolute atomic E-state index is 12.2. The normalized spacial score (nSPS) is 21.0. The van der Waals surface area contributed by atoms with E-state index in [1.807, 2.05) is 0 Å². The molecule has 27 heavy (non-hydrogen) atoms. The summed E-state index contributed by atoms with van der Waals surface area (Å²) in [6.45, 7) is 9.02. The molecular formula is C23H33N3O+2. The Kier molecular flexibility index (Phi) is 7.02. The predicted molar refractivity (Wildman–Crippen MR) is 109 cm³/mol. The molecule has 3 rings (SSSR count). The van der Waals surface area contributed by atoms with Crippen LogP contribution in [0.3, 0.4) is 0 Å². The van der Waals surface area contributed by atoms with Gasteiger partial charge in [-0.2, -0.15) is 0 Å². The van der Waals surface area contributed by atoms with Crippen molar-refractivity contribution < 1.29 is 14.6 Å². The van der Waals surface area contributed by atoms with E-state index >= 15 is 0 Å². The number of benzene rings is 2. The van der Waals surface area contributed by atoms with Gasteiger partial charge >= 0.3 is 0 Å². The Labute approximate surface area is 163 Å². The van der Waals surface area contributed by atoms with Gasteiger partial charge in [-0.3, -0.25) is 4.79 Å². The van der Waals surface area contributed by atoms with Crippen molar-refractivity contribution in [1.82, 2.24) is 5.32 Å². The summed E-state index contributed by atoms with van der Waals surface area (Å²) in [7, 11) is 0. The van der Waals surface area contributed by atoms with Crippen LogP contribution in [-0.4, -0.2) is 44.7 Å². The molecule has 0 aromatic heterocycles. The van der Waals surface area contributed by atoms with Gasteiger partial charge in [-0.25, -0.2) is 0 Å². The molecule has 1 amide bonds. The Balaban J connectivity index is 1.64. The first-order valence-corrected chi connectivity index (χ1v) is 10.2. The molecule has 1 atom stereocenters. The Morgan fingerprint density at radius 3 is 1.93 bits per heavy atom. The monoisotopic (exact) mass is 367 g/mol. The molecule has 0 spiro atoms. The number of nitrogens with one attached hydrogen (secondary N) is 3. The number of hydrogen-bond acceptors (Lipinski definition) is 1. The van der Waals surface area contributed by atoms with Crippen molar-refractivity contribution in [2.45, 2.75) is 32.4 Å². The fraction of sp³-hybridized carbons (Fsp3) is 0.435. The predicted octanol–water partition coefficient (Wildman–Crippen LogP) is 0.474. The molecule has 1 fully saturated rings. The van der Waals surface area contributed by atoms with Gasteiger partial charge in [0.2, 0.25) is 0 Å². The summed E-state index contributed by atoms with van der Waals surface area (Å²) in [5.41, 5.74) is 2.74. The number of rotatable bonds is 7. The van der Waals surface area contributed by atoms with Crippen LogP contribution in [0.5, 0.6) is 0 Å². The van der Waals surface area contributed by atoms with Gasteiger partial charge in [0.1, 0.15) is 32.2 Å². The van der Waals surface area contributed by atoms with Crippen molar-refractivity contribution in [2.24, 2.45) is 0 Å². The highest BCUT2D eigenvalue weighted by atomic mass is 16.2. The Hall–Kier alpha value is -2.17. The van der Waals surface area contributed by atoms with E-state index in [9.17, 15) is 4.79 Å². The molecule has 4 heteroatoms. The third-order valence-corrected chi connectivity index (χ3v) is 5.70. The second kappa shape index (κ2) is 9.67. The molecule has 2 aromatic rings. The Morgan fingerprint density at radius 2 is 1.44 bits per heavy atom. The van der Waals surface area contributed by atoms with Crippen molar-refractivity contribution in [3.8, 4) is 0 Å². The number of piperazine rings is 1.